The Kier molecular flexibility index (Phi) is 2.21. The van der Waals surface area contributed by atoms with Gasteiger partial charge in [-0.25, -0.2) is 15.0 Å². The van der Waals surface area contributed by atoms with Crippen LogP contribution < -0.4 is 0 Å². The van der Waals surface area contributed by atoms with Crippen LogP contribution in [-0.4, -0.2) is 24.7 Å². The lowest BCUT2D eigenvalue weighted by Gasteiger charge is -2.05. The summed E-state index contributed by atoms with van der Waals surface area (Å²) in [6, 6.07) is 2.03. The molecule has 0 spiro atoms. The molecule has 0 radical (unpaired) electrons. The van der Waals surface area contributed by atoms with Crippen molar-refractivity contribution in [1.29, 1.82) is 0 Å². The Morgan fingerprint density at radius 1 is 1.06 bits per heavy atom. The lowest BCUT2D eigenvalue weighted by Crippen LogP contribution is -2.06. The number of hydrogen-bond donors (Lipinski definition) is 0. The van der Waals surface area contributed by atoms with Crippen molar-refractivity contribution in [3.63, 3.8) is 0 Å². The first kappa shape index (κ1) is 10.4. The maximum atomic E-state index is 4.49. The van der Waals surface area contributed by atoms with Crippen LogP contribution in [0.4, 0.5) is 0 Å². The second kappa shape index (κ2) is 3.61. The predicted molar refractivity (Wildman–Crippen MR) is 63.1 cm³/mol. The third-order valence-electron chi connectivity index (χ3n) is 2.93. The van der Waals surface area contributed by atoms with Crippen LogP contribution in [-0.2, 0) is 0 Å². The van der Waals surface area contributed by atoms with Gasteiger partial charge in [-0.15, -0.1) is 5.10 Å². The van der Waals surface area contributed by atoms with Gasteiger partial charge in [0.1, 0.15) is 17.5 Å². The molecule has 17 heavy (non-hydrogen) atoms. The first-order valence-electron chi connectivity index (χ1n) is 5.89. The van der Waals surface area contributed by atoms with Gasteiger partial charge in [0.2, 0.25) is 0 Å². The summed E-state index contributed by atoms with van der Waals surface area (Å²) >= 11 is 0. The van der Waals surface area contributed by atoms with Crippen LogP contribution in [0.25, 0.3) is 5.82 Å². The maximum Gasteiger partial charge on any atom is 0.159 e. The van der Waals surface area contributed by atoms with Crippen LogP contribution in [0.15, 0.2) is 6.07 Å². The summed E-state index contributed by atoms with van der Waals surface area (Å²) < 4.78 is 1.79. The van der Waals surface area contributed by atoms with Crippen molar-refractivity contribution >= 4 is 0 Å². The van der Waals surface area contributed by atoms with Crippen molar-refractivity contribution in [2.24, 2.45) is 0 Å². The normalized spacial score (nSPS) is 15.2. The quantitative estimate of drug-likeness (QED) is 0.788. The summed E-state index contributed by atoms with van der Waals surface area (Å²) in [5, 5.41) is 4.36. The van der Waals surface area contributed by atoms with E-state index in [9.17, 15) is 0 Å². The van der Waals surface area contributed by atoms with E-state index in [1.165, 1.54) is 12.8 Å². The molecular formula is C12H15N5. The molecule has 0 bridgehead atoms. The summed E-state index contributed by atoms with van der Waals surface area (Å²) in [7, 11) is 0. The summed E-state index contributed by atoms with van der Waals surface area (Å²) in [6.45, 7) is 5.75. The van der Waals surface area contributed by atoms with Gasteiger partial charge in [0.05, 0.1) is 0 Å². The molecule has 88 valence electrons. The van der Waals surface area contributed by atoms with E-state index >= 15 is 0 Å². The van der Waals surface area contributed by atoms with Gasteiger partial charge in [-0.3, -0.25) is 0 Å². The Morgan fingerprint density at radius 2 is 1.82 bits per heavy atom. The van der Waals surface area contributed by atoms with Crippen molar-refractivity contribution in [2.75, 3.05) is 0 Å². The van der Waals surface area contributed by atoms with Gasteiger partial charge < -0.3 is 0 Å². The van der Waals surface area contributed by atoms with E-state index in [1.807, 2.05) is 26.8 Å². The highest BCUT2D eigenvalue weighted by atomic mass is 15.4. The van der Waals surface area contributed by atoms with Crippen molar-refractivity contribution in [3.8, 4) is 5.82 Å². The van der Waals surface area contributed by atoms with Crippen LogP contribution in [0.2, 0.25) is 0 Å². The minimum absolute atomic E-state index is 0.625. The zero-order valence-corrected chi connectivity index (χ0v) is 10.3. The van der Waals surface area contributed by atoms with E-state index in [2.05, 4.69) is 20.1 Å². The summed E-state index contributed by atoms with van der Waals surface area (Å²) in [5.74, 6) is 3.89. The number of aromatic nitrogens is 5. The number of rotatable bonds is 2. The molecule has 0 amide bonds. The zero-order chi connectivity index (χ0) is 12.0. The predicted octanol–water partition coefficient (Wildman–Crippen LogP) is 1.86. The highest BCUT2D eigenvalue weighted by molar-refractivity contribution is 5.29. The Balaban J connectivity index is 2.10. The smallest absolute Gasteiger partial charge is 0.159 e. The molecule has 0 N–H and O–H groups in total. The molecule has 2 aromatic heterocycles. The van der Waals surface area contributed by atoms with Crippen molar-refractivity contribution < 1.29 is 0 Å². The van der Waals surface area contributed by atoms with Gasteiger partial charge in [0, 0.05) is 17.7 Å². The fraction of sp³-hybridized carbons (Fsp3) is 0.500. The summed E-state index contributed by atoms with van der Waals surface area (Å²) in [4.78, 5) is 13.2. The molecule has 5 nitrogen and oxygen atoms in total. The highest BCUT2D eigenvalue weighted by Crippen LogP contribution is 2.39. The van der Waals surface area contributed by atoms with E-state index in [4.69, 9.17) is 0 Å². The molecule has 0 aromatic carbocycles. The first-order valence-corrected chi connectivity index (χ1v) is 5.89. The average molecular weight is 229 g/mol. The minimum Gasteiger partial charge on any atom is -0.238 e. The Bertz CT molecular complexity index is 568. The molecule has 1 aliphatic rings. The van der Waals surface area contributed by atoms with Gasteiger partial charge >= 0.3 is 0 Å². The average Bonchev–Trinajstić information content (AvgIpc) is 3.04. The van der Waals surface area contributed by atoms with Gasteiger partial charge in [-0.05, 0) is 33.6 Å². The monoisotopic (exact) mass is 229 g/mol. The molecule has 1 saturated carbocycles. The third-order valence-corrected chi connectivity index (χ3v) is 2.93. The van der Waals surface area contributed by atoms with Crippen molar-refractivity contribution in [1.82, 2.24) is 24.7 Å². The zero-order valence-electron chi connectivity index (χ0n) is 10.3. The fourth-order valence-electron chi connectivity index (χ4n) is 2.01. The van der Waals surface area contributed by atoms with Gasteiger partial charge in [0.15, 0.2) is 5.82 Å². The second-order valence-corrected chi connectivity index (χ2v) is 4.59. The van der Waals surface area contributed by atoms with E-state index in [0.717, 1.165) is 29.0 Å². The Morgan fingerprint density at radius 3 is 2.41 bits per heavy atom. The lowest BCUT2D eigenvalue weighted by atomic mass is 10.2. The Labute approximate surface area is 99.9 Å². The number of aryl methyl sites for hydroxylation is 3. The van der Waals surface area contributed by atoms with Crippen molar-refractivity contribution in [3.05, 3.63) is 29.2 Å². The molecule has 5 heteroatoms. The fourth-order valence-corrected chi connectivity index (χ4v) is 2.01. The number of hydrogen-bond acceptors (Lipinski definition) is 4. The number of nitrogens with zero attached hydrogens (tertiary/aromatic N) is 5. The molecule has 0 saturated heterocycles. The van der Waals surface area contributed by atoms with Crippen LogP contribution >= 0.6 is 0 Å². The van der Waals surface area contributed by atoms with Crippen LogP contribution in [0.3, 0.4) is 0 Å². The summed E-state index contributed by atoms with van der Waals surface area (Å²) in [6.07, 6.45) is 2.48. The van der Waals surface area contributed by atoms with E-state index in [1.54, 1.807) is 4.68 Å². The largest absolute Gasteiger partial charge is 0.238 e. The van der Waals surface area contributed by atoms with Gasteiger partial charge in [0.25, 0.3) is 0 Å². The molecule has 1 fully saturated rings. The molecule has 0 atom stereocenters. The molecule has 2 aromatic rings. The first-order chi connectivity index (χ1) is 8.13. The molecule has 2 heterocycles. The third kappa shape index (κ3) is 1.92. The molecule has 1 aliphatic carbocycles. The maximum absolute atomic E-state index is 4.49. The second-order valence-electron chi connectivity index (χ2n) is 4.59. The molecule has 0 aliphatic heterocycles. The van der Waals surface area contributed by atoms with Gasteiger partial charge in [-0.1, -0.05) is 0 Å². The van der Waals surface area contributed by atoms with E-state index < -0.39 is 0 Å². The minimum atomic E-state index is 0.625. The highest BCUT2D eigenvalue weighted by Gasteiger charge is 2.26. The lowest BCUT2D eigenvalue weighted by molar-refractivity contribution is 0.780. The molecular weight excluding hydrogens is 214 g/mol. The SMILES string of the molecule is Cc1nc(C2CC2)cc(-n2nc(C)nc2C)n1. The van der Waals surface area contributed by atoms with E-state index in [-0.39, 0.29) is 0 Å². The summed E-state index contributed by atoms with van der Waals surface area (Å²) in [5.41, 5.74) is 1.14. The van der Waals surface area contributed by atoms with Crippen LogP contribution in [0.5, 0.6) is 0 Å². The standard InChI is InChI=1S/C12H15N5/c1-7-14-11(10-4-5-10)6-12(15-7)17-9(3)13-8(2)16-17/h6,10H,4-5H2,1-3H3. The van der Waals surface area contributed by atoms with Crippen molar-refractivity contribution in [2.45, 2.75) is 39.5 Å². The van der Waals surface area contributed by atoms with Crippen LogP contribution in [0, 0.1) is 20.8 Å². The van der Waals surface area contributed by atoms with E-state index in [0.29, 0.717) is 5.92 Å². The Hall–Kier alpha value is -1.78. The molecule has 3 rings (SSSR count). The molecule has 0 unspecified atom stereocenters. The van der Waals surface area contributed by atoms with Crippen LogP contribution in [0.1, 0.15) is 41.9 Å². The van der Waals surface area contributed by atoms with Gasteiger partial charge in [-0.2, -0.15) is 4.68 Å². The topological polar surface area (TPSA) is 56.5 Å².